The molecule has 3 heterocycles. The molecular formula is C19H13N3O. The molecule has 0 bridgehead atoms. The number of aromatic nitrogens is 3. The van der Waals surface area contributed by atoms with Crippen molar-refractivity contribution in [3.05, 3.63) is 60.3 Å². The molecule has 5 rings (SSSR count). The van der Waals surface area contributed by atoms with Crippen LogP contribution in [0.1, 0.15) is 16.8 Å². The standard InChI is InChI=1S/C19H13N3O/c23-17-8-9-22-18-14(17)5-3-7-16(18)21-19(22)13-10-12-4-1-2-6-15(12)20-11-13/h1-7,10-11H,8-9H2. The van der Waals surface area contributed by atoms with Gasteiger partial charge in [0.05, 0.1) is 16.6 Å². The highest BCUT2D eigenvalue weighted by Crippen LogP contribution is 2.31. The minimum absolute atomic E-state index is 0.200. The lowest BCUT2D eigenvalue weighted by Gasteiger charge is -2.15. The quantitative estimate of drug-likeness (QED) is 0.536. The number of carbonyl (C=O) groups is 1. The van der Waals surface area contributed by atoms with Gasteiger partial charge >= 0.3 is 0 Å². The summed E-state index contributed by atoms with van der Waals surface area (Å²) in [5.74, 6) is 1.09. The number of hydrogen-bond acceptors (Lipinski definition) is 3. The molecule has 0 amide bonds. The Morgan fingerprint density at radius 3 is 2.83 bits per heavy atom. The van der Waals surface area contributed by atoms with Crippen LogP contribution in [0.3, 0.4) is 0 Å². The van der Waals surface area contributed by atoms with E-state index in [0.717, 1.165) is 38.9 Å². The van der Waals surface area contributed by atoms with E-state index >= 15 is 0 Å². The zero-order valence-electron chi connectivity index (χ0n) is 12.4. The van der Waals surface area contributed by atoms with Crippen LogP contribution in [0.15, 0.2) is 54.7 Å². The van der Waals surface area contributed by atoms with Crippen molar-refractivity contribution in [2.24, 2.45) is 0 Å². The Balaban J connectivity index is 1.81. The molecule has 23 heavy (non-hydrogen) atoms. The molecule has 1 aliphatic heterocycles. The van der Waals surface area contributed by atoms with E-state index in [4.69, 9.17) is 4.98 Å². The Kier molecular flexibility index (Phi) is 2.45. The van der Waals surface area contributed by atoms with Crippen molar-refractivity contribution >= 4 is 27.7 Å². The zero-order valence-corrected chi connectivity index (χ0v) is 12.4. The molecule has 0 radical (unpaired) electrons. The third-order valence-corrected chi connectivity index (χ3v) is 4.48. The van der Waals surface area contributed by atoms with Crippen molar-refractivity contribution in [1.29, 1.82) is 0 Å². The van der Waals surface area contributed by atoms with Crippen LogP contribution in [0.5, 0.6) is 0 Å². The second-order valence-electron chi connectivity index (χ2n) is 5.85. The summed E-state index contributed by atoms with van der Waals surface area (Å²) >= 11 is 0. The number of rotatable bonds is 1. The third kappa shape index (κ3) is 1.75. The Labute approximate surface area is 132 Å². The predicted octanol–water partition coefficient (Wildman–Crippen LogP) is 3.84. The number of fused-ring (bicyclic) bond motifs is 1. The first-order chi connectivity index (χ1) is 11.3. The van der Waals surface area contributed by atoms with Gasteiger partial charge in [-0.3, -0.25) is 9.78 Å². The van der Waals surface area contributed by atoms with Crippen molar-refractivity contribution < 1.29 is 4.79 Å². The number of nitrogens with zero attached hydrogens (tertiary/aromatic N) is 3. The van der Waals surface area contributed by atoms with Gasteiger partial charge in [-0.2, -0.15) is 0 Å². The van der Waals surface area contributed by atoms with Crippen molar-refractivity contribution in [3.63, 3.8) is 0 Å². The highest BCUT2D eigenvalue weighted by Gasteiger charge is 2.23. The van der Waals surface area contributed by atoms with Gasteiger partial charge in [-0.25, -0.2) is 4.98 Å². The molecule has 0 atom stereocenters. The number of hydrogen-bond donors (Lipinski definition) is 0. The van der Waals surface area contributed by atoms with Crippen molar-refractivity contribution in [2.75, 3.05) is 0 Å². The Morgan fingerprint density at radius 1 is 1.00 bits per heavy atom. The molecule has 0 aliphatic carbocycles. The molecule has 0 fully saturated rings. The number of pyridine rings is 1. The Morgan fingerprint density at radius 2 is 1.87 bits per heavy atom. The van der Waals surface area contributed by atoms with E-state index in [1.165, 1.54) is 0 Å². The van der Waals surface area contributed by atoms with E-state index in [-0.39, 0.29) is 5.78 Å². The van der Waals surface area contributed by atoms with E-state index in [2.05, 4.69) is 21.7 Å². The second-order valence-corrected chi connectivity index (χ2v) is 5.85. The van der Waals surface area contributed by atoms with Crippen LogP contribution in [0.2, 0.25) is 0 Å². The molecule has 1 aliphatic rings. The van der Waals surface area contributed by atoms with Crippen molar-refractivity contribution in [2.45, 2.75) is 13.0 Å². The number of ketones is 1. The van der Waals surface area contributed by atoms with Crippen LogP contribution in [0.4, 0.5) is 0 Å². The second kappa shape index (κ2) is 4.49. The van der Waals surface area contributed by atoms with Crippen LogP contribution in [-0.4, -0.2) is 20.3 Å². The molecule has 2 aromatic carbocycles. The van der Waals surface area contributed by atoms with Gasteiger partial charge in [0.1, 0.15) is 5.82 Å². The average Bonchev–Trinajstić information content (AvgIpc) is 2.98. The minimum atomic E-state index is 0.200. The molecular weight excluding hydrogens is 286 g/mol. The van der Waals surface area contributed by atoms with E-state index < -0.39 is 0 Å². The largest absolute Gasteiger partial charge is 0.323 e. The van der Waals surface area contributed by atoms with Crippen LogP contribution < -0.4 is 0 Å². The summed E-state index contributed by atoms with van der Waals surface area (Å²) in [6.07, 6.45) is 2.39. The molecule has 4 nitrogen and oxygen atoms in total. The normalized spacial score (nSPS) is 13.8. The summed E-state index contributed by atoms with van der Waals surface area (Å²) in [6.45, 7) is 0.675. The number of aryl methyl sites for hydroxylation is 1. The predicted molar refractivity (Wildman–Crippen MR) is 89.4 cm³/mol. The van der Waals surface area contributed by atoms with E-state index in [9.17, 15) is 4.79 Å². The van der Waals surface area contributed by atoms with Gasteiger partial charge in [0.2, 0.25) is 0 Å². The fourth-order valence-electron chi connectivity index (χ4n) is 3.39. The highest BCUT2D eigenvalue weighted by atomic mass is 16.1. The Hall–Kier alpha value is -3.01. The maximum Gasteiger partial charge on any atom is 0.166 e. The Bertz CT molecular complexity index is 1090. The van der Waals surface area contributed by atoms with Gasteiger partial charge in [-0.1, -0.05) is 24.3 Å². The summed E-state index contributed by atoms with van der Waals surface area (Å²) in [5.41, 5.74) is 4.56. The zero-order chi connectivity index (χ0) is 15.4. The third-order valence-electron chi connectivity index (χ3n) is 4.48. The topological polar surface area (TPSA) is 47.8 Å². The fourth-order valence-corrected chi connectivity index (χ4v) is 3.39. The maximum absolute atomic E-state index is 12.1. The molecule has 2 aromatic heterocycles. The number of imidazole rings is 1. The van der Waals surface area contributed by atoms with Gasteiger partial charge in [0.15, 0.2) is 5.78 Å². The maximum atomic E-state index is 12.1. The molecule has 0 N–H and O–H groups in total. The van der Waals surface area contributed by atoms with E-state index in [0.29, 0.717) is 13.0 Å². The molecule has 0 saturated heterocycles. The van der Waals surface area contributed by atoms with Gasteiger partial charge in [0, 0.05) is 35.7 Å². The molecule has 0 spiro atoms. The summed E-state index contributed by atoms with van der Waals surface area (Å²) in [5, 5.41) is 1.09. The van der Waals surface area contributed by atoms with Gasteiger partial charge in [-0.05, 0) is 24.3 Å². The van der Waals surface area contributed by atoms with Gasteiger partial charge in [0.25, 0.3) is 0 Å². The number of carbonyl (C=O) groups excluding carboxylic acids is 1. The SMILES string of the molecule is O=C1CCn2c(-c3cnc4ccccc4c3)nc3cccc1c32. The molecule has 110 valence electrons. The lowest BCUT2D eigenvalue weighted by atomic mass is 10.0. The van der Waals surface area contributed by atoms with Gasteiger partial charge in [-0.15, -0.1) is 0 Å². The highest BCUT2D eigenvalue weighted by molar-refractivity contribution is 6.08. The summed E-state index contributed by atoms with van der Waals surface area (Å²) in [4.78, 5) is 21.4. The summed E-state index contributed by atoms with van der Waals surface area (Å²) < 4.78 is 2.15. The van der Waals surface area contributed by atoms with Crippen LogP contribution in [0.25, 0.3) is 33.3 Å². The van der Waals surface area contributed by atoms with E-state index in [1.807, 2.05) is 42.6 Å². The molecule has 4 aromatic rings. The lowest BCUT2D eigenvalue weighted by Crippen LogP contribution is -2.14. The first-order valence-corrected chi connectivity index (χ1v) is 7.69. The van der Waals surface area contributed by atoms with E-state index in [1.54, 1.807) is 0 Å². The molecule has 0 unspecified atom stereocenters. The van der Waals surface area contributed by atoms with Crippen molar-refractivity contribution in [1.82, 2.24) is 14.5 Å². The number of para-hydroxylation sites is 2. The summed E-state index contributed by atoms with van der Waals surface area (Å²) in [7, 11) is 0. The first kappa shape index (κ1) is 12.5. The smallest absolute Gasteiger partial charge is 0.166 e. The van der Waals surface area contributed by atoms with Crippen LogP contribution in [0, 0.1) is 0 Å². The summed E-state index contributed by atoms with van der Waals surface area (Å²) in [6, 6.07) is 15.9. The van der Waals surface area contributed by atoms with Crippen LogP contribution in [-0.2, 0) is 6.54 Å². The minimum Gasteiger partial charge on any atom is -0.323 e. The van der Waals surface area contributed by atoms with Crippen molar-refractivity contribution in [3.8, 4) is 11.4 Å². The van der Waals surface area contributed by atoms with Crippen LogP contribution >= 0.6 is 0 Å². The average molecular weight is 299 g/mol. The fraction of sp³-hybridized carbons (Fsp3) is 0.105. The van der Waals surface area contributed by atoms with Gasteiger partial charge < -0.3 is 4.57 Å². The molecule has 4 heteroatoms. The lowest BCUT2D eigenvalue weighted by molar-refractivity contribution is 0.0973. The monoisotopic (exact) mass is 299 g/mol. The number of benzene rings is 2. The molecule has 0 saturated carbocycles. The first-order valence-electron chi connectivity index (χ1n) is 7.69. The number of Topliss-reactive ketones (excluding diaryl/α,β-unsaturated/α-hetero) is 1.